The fraction of sp³-hybridized carbons (Fsp3) is 0.389. The van der Waals surface area contributed by atoms with Crippen molar-refractivity contribution in [2.45, 2.75) is 20.8 Å². The molecule has 0 spiro atoms. The molecule has 2 rings (SSSR count). The lowest BCUT2D eigenvalue weighted by Crippen LogP contribution is -2.22. The molecule has 128 valence electrons. The highest BCUT2D eigenvalue weighted by molar-refractivity contribution is 6.03. The topological polar surface area (TPSA) is 70.2 Å². The highest BCUT2D eigenvalue weighted by atomic mass is 16.1. The normalized spacial score (nSPS) is 10.8. The maximum absolute atomic E-state index is 12.5. The lowest BCUT2D eigenvalue weighted by Gasteiger charge is -2.13. The van der Waals surface area contributed by atoms with Crippen LogP contribution in [-0.4, -0.2) is 48.0 Å². The fourth-order valence-electron chi connectivity index (χ4n) is 2.26. The number of aromatic nitrogens is 2. The quantitative estimate of drug-likeness (QED) is 0.853. The number of carbonyl (C=O) groups is 1. The van der Waals surface area contributed by atoms with Crippen LogP contribution in [0.3, 0.4) is 0 Å². The van der Waals surface area contributed by atoms with Gasteiger partial charge in [-0.2, -0.15) is 0 Å². The minimum atomic E-state index is -0.232. The van der Waals surface area contributed by atoms with Crippen LogP contribution in [0, 0.1) is 20.8 Å². The van der Waals surface area contributed by atoms with E-state index in [4.69, 9.17) is 0 Å². The van der Waals surface area contributed by atoms with Gasteiger partial charge in [-0.15, -0.1) is 0 Å². The first kappa shape index (κ1) is 17.9. The summed E-state index contributed by atoms with van der Waals surface area (Å²) in [6.07, 6.45) is 0. The lowest BCUT2D eigenvalue weighted by atomic mass is 10.1. The summed E-state index contributed by atoms with van der Waals surface area (Å²) in [6.45, 7) is 7.43. The zero-order valence-corrected chi connectivity index (χ0v) is 15.0. The molecule has 1 aromatic heterocycles. The van der Waals surface area contributed by atoms with Crippen LogP contribution in [-0.2, 0) is 0 Å². The molecular formula is C18H25N5O. The smallest absolute Gasteiger partial charge is 0.274 e. The van der Waals surface area contributed by atoms with Crippen LogP contribution in [0.15, 0.2) is 24.3 Å². The Hall–Kier alpha value is -2.47. The summed E-state index contributed by atoms with van der Waals surface area (Å²) >= 11 is 0. The van der Waals surface area contributed by atoms with Crippen molar-refractivity contribution in [3.05, 3.63) is 46.9 Å². The highest BCUT2D eigenvalue weighted by Crippen LogP contribution is 2.19. The van der Waals surface area contributed by atoms with E-state index in [2.05, 4.69) is 25.5 Å². The van der Waals surface area contributed by atoms with Gasteiger partial charge in [-0.25, -0.2) is 9.97 Å². The van der Waals surface area contributed by atoms with E-state index >= 15 is 0 Å². The van der Waals surface area contributed by atoms with Crippen LogP contribution in [0.25, 0.3) is 0 Å². The summed E-state index contributed by atoms with van der Waals surface area (Å²) in [4.78, 5) is 23.2. The first-order chi connectivity index (χ1) is 11.4. The molecule has 0 fully saturated rings. The Kier molecular flexibility index (Phi) is 5.87. The molecular weight excluding hydrogens is 302 g/mol. The Morgan fingerprint density at radius 1 is 1.17 bits per heavy atom. The molecule has 0 saturated heterocycles. The number of nitrogens with zero attached hydrogens (tertiary/aromatic N) is 3. The second-order valence-corrected chi connectivity index (χ2v) is 6.12. The van der Waals surface area contributed by atoms with E-state index in [0.717, 1.165) is 29.9 Å². The number of nitrogens with one attached hydrogen (secondary N) is 2. The minimum absolute atomic E-state index is 0.232. The second-order valence-electron chi connectivity index (χ2n) is 6.12. The summed E-state index contributed by atoms with van der Waals surface area (Å²) in [5, 5.41) is 6.15. The number of likely N-dealkylation sites (N-methyl/N-ethyl adjacent to an activating group) is 1. The average Bonchev–Trinajstić information content (AvgIpc) is 2.51. The molecule has 0 aliphatic rings. The number of carbonyl (C=O) groups excluding carboxylic acids is 1. The number of hydrogen-bond donors (Lipinski definition) is 2. The molecule has 2 aromatic rings. The summed E-state index contributed by atoms with van der Waals surface area (Å²) in [6, 6.07) is 7.53. The molecule has 1 amide bonds. The van der Waals surface area contributed by atoms with E-state index in [9.17, 15) is 4.79 Å². The zero-order chi connectivity index (χ0) is 17.7. The van der Waals surface area contributed by atoms with E-state index in [0.29, 0.717) is 17.3 Å². The van der Waals surface area contributed by atoms with Gasteiger partial charge in [0.1, 0.15) is 17.3 Å². The van der Waals surface area contributed by atoms with Crippen molar-refractivity contribution in [3.8, 4) is 0 Å². The van der Waals surface area contributed by atoms with Crippen LogP contribution in [0.1, 0.15) is 27.4 Å². The van der Waals surface area contributed by atoms with E-state index in [1.807, 2.05) is 46.1 Å². The summed E-state index contributed by atoms with van der Waals surface area (Å²) in [5.41, 5.74) is 3.35. The summed E-state index contributed by atoms with van der Waals surface area (Å²) < 4.78 is 0. The minimum Gasteiger partial charge on any atom is -0.369 e. The molecule has 6 nitrogen and oxygen atoms in total. The van der Waals surface area contributed by atoms with Gasteiger partial charge in [0.2, 0.25) is 0 Å². The van der Waals surface area contributed by atoms with E-state index in [-0.39, 0.29) is 5.91 Å². The summed E-state index contributed by atoms with van der Waals surface area (Å²) in [7, 11) is 4.02. The molecule has 24 heavy (non-hydrogen) atoms. The number of benzene rings is 1. The van der Waals surface area contributed by atoms with Gasteiger partial charge >= 0.3 is 0 Å². The predicted molar refractivity (Wildman–Crippen MR) is 97.7 cm³/mol. The third-order valence-electron chi connectivity index (χ3n) is 3.79. The van der Waals surface area contributed by atoms with E-state index in [1.54, 1.807) is 13.0 Å². The molecule has 1 aromatic carbocycles. The predicted octanol–water partition coefficient (Wildman–Crippen LogP) is 2.63. The lowest BCUT2D eigenvalue weighted by molar-refractivity contribution is 0.102. The van der Waals surface area contributed by atoms with Gasteiger partial charge in [0.15, 0.2) is 0 Å². The molecule has 0 unspecified atom stereocenters. The molecule has 0 aliphatic heterocycles. The van der Waals surface area contributed by atoms with Crippen molar-refractivity contribution in [2.75, 3.05) is 37.8 Å². The molecule has 0 aliphatic carbocycles. The molecule has 1 heterocycles. The number of aryl methyl sites for hydroxylation is 2. The van der Waals surface area contributed by atoms with Crippen molar-refractivity contribution >= 4 is 17.4 Å². The van der Waals surface area contributed by atoms with E-state index in [1.165, 1.54) is 0 Å². The fourth-order valence-corrected chi connectivity index (χ4v) is 2.26. The Labute approximate surface area is 143 Å². The van der Waals surface area contributed by atoms with Gasteiger partial charge in [-0.1, -0.05) is 12.1 Å². The third-order valence-corrected chi connectivity index (χ3v) is 3.79. The number of amides is 1. The number of hydrogen-bond acceptors (Lipinski definition) is 5. The van der Waals surface area contributed by atoms with Crippen molar-refractivity contribution in [1.29, 1.82) is 0 Å². The van der Waals surface area contributed by atoms with Gasteiger partial charge in [-0.05, 0) is 52.1 Å². The first-order valence-corrected chi connectivity index (χ1v) is 7.98. The van der Waals surface area contributed by atoms with E-state index < -0.39 is 0 Å². The average molecular weight is 327 g/mol. The Morgan fingerprint density at radius 3 is 2.62 bits per heavy atom. The molecule has 0 bridgehead atoms. The standard InChI is InChI=1S/C18H25N5O/c1-12-7-6-8-15(13(12)2)22-18(24)16-11-17(21-14(3)20-16)19-9-10-23(4)5/h6-8,11H,9-10H2,1-5H3,(H,22,24)(H,19,20,21). The zero-order valence-electron chi connectivity index (χ0n) is 15.0. The molecule has 0 radical (unpaired) electrons. The Morgan fingerprint density at radius 2 is 1.92 bits per heavy atom. The first-order valence-electron chi connectivity index (χ1n) is 7.98. The number of rotatable bonds is 6. The van der Waals surface area contributed by atoms with Gasteiger partial charge in [0.25, 0.3) is 5.91 Å². The second kappa shape index (κ2) is 7.88. The van der Waals surface area contributed by atoms with Crippen molar-refractivity contribution < 1.29 is 4.79 Å². The van der Waals surface area contributed by atoms with Crippen molar-refractivity contribution in [3.63, 3.8) is 0 Å². The maximum Gasteiger partial charge on any atom is 0.274 e. The molecule has 0 saturated carbocycles. The molecule has 6 heteroatoms. The van der Waals surface area contributed by atoms with Crippen molar-refractivity contribution in [2.24, 2.45) is 0 Å². The highest BCUT2D eigenvalue weighted by Gasteiger charge is 2.12. The monoisotopic (exact) mass is 327 g/mol. The molecule has 2 N–H and O–H groups in total. The SMILES string of the molecule is Cc1nc(NCCN(C)C)cc(C(=O)Nc2cccc(C)c2C)n1. The van der Waals surface area contributed by atoms with Gasteiger partial charge in [-0.3, -0.25) is 4.79 Å². The van der Waals surface area contributed by atoms with Crippen LogP contribution in [0.4, 0.5) is 11.5 Å². The third kappa shape index (κ3) is 4.76. The maximum atomic E-state index is 12.5. The number of anilines is 2. The van der Waals surface area contributed by atoms with Gasteiger partial charge in [0, 0.05) is 24.8 Å². The van der Waals surface area contributed by atoms with Crippen LogP contribution >= 0.6 is 0 Å². The largest absolute Gasteiger partial charge is 0.369 e. The van der Waals surface area contributed by atoms with Crippen LogP contribution in [0.5, 0.6) is 0 Å². The van der Waals surface area contributed by atoms with Crippen LogP contribution < -0.4 is 10.6 Å². The Balaban J connectivity index is 2.14. The molecule has 0 atom stereocenters. The van der Waals surface area contributed by atoms with Crippen LogP contribution in [0.2, 0.25) is 0 Å². The Bertz CT molecular complexity index is 727. The van der Waals surface area contributed by atoms with Gasteiger partial charge in [0.05, 0.1) is 0 Å². The van der Waals surface area contributed by atoms with Crippen molar-refractivity contribution in [1.82, 2.24) is 14.9 Å². The summed E-state index contributed by atoms with van der Waals surface area (Å²) in [5.74, 6) is 0.997. The van der Waals surface area contributed by atoms with Gasteiger partial charge < -0.3 is 15.5 Å².